The minimum absolute atomic E-state index is 0.0836. The van der Waals surface area contributed by atoms with E-state index in [0.29, 0.717) is 0 Å². The summed E-state index contributed by atoms with van der Waals surface area (Å²) in [6.07, 6.45) is 1.37. The van der Waals surface area contributed by atoms with Crippen molar-refractivity contribution in [3.05, 3.63) is 6.20 Å². The second-order valence-corrected chi connectivity index (χ2v) is 3.78. The van der Waals surface area contributed by atoms with Gasteiger partial charge in [-0.1, -0.05) is 12.1 Å². The molecule has 4 nitrogen and oxygen atoms in total. The van der Waals surface area contributed by atoms with Crippen molar-refractivity contribution < 1.29 is 8.78 Å². The van der Waals surface area contributed by atoms with Crippen LogP contribution < -0.4 is 5.73 Å². The van der Waals surface area contributed by atoms with E-state index < -0.39 is 11.3 Å². The molecule has 1 unspecified atom stereocenters. The molecule has 1 aliphatic carbocycles. The predicted octanol–water partition coefficient (Wildman–Crippen LogP) is 0.906. The standard InChI is InChI=1S/C7H10F2N4/c1-6(3-7(6,8)9)4-13-2-5(10)11-12-13/h2H,3-4,10H2,1H3. The second kappa shape index (κ2) is 2.18. The first-order valence-corrected chi connectivity index (χ1v) is 3.96. The van der Waals surface area contributed by atoms with Crippen molar-refractivity contribution in [2.24, 2.45) is 5.41 Å². The highest BCUT2D eigenvalue weighted by atomic mass is 19.3. The predicted molar refractivity (Wildman–Crippen MR) is 42.1 cm³/mol. The molecule has 0 radical (unpaired) electrons. The number of halogens is 2. The van der Waals surface area contributed by atoms with E-state index in [1.165, 1.54) is 17.8 Å². The maximum Gasteiger partial charge on any atom is 0.256 e. The summed E-state index contributed by atoms with van der Waals surface area (Å²) in [5, 5.41) is 7.14. The van der Waals surface area contributed by atoms with Gasteiger partial charge >= 0.3 is 0 Å². The normalized spacial score (nSPS) is 30.4. The molecule has 2 N–H and O–H groups in total. The van der Waals surface area contributed by atoms with Gasteiger partial charge in [-0.15, -0.1) is 5.10 Å². The van der Waals surface area contributed by atoms with Gasteiger partial charge in [0.15, 0.2) is 5.82 Å². The number of nitrogen functional groups attached to an aromatic ring is 1. The molecule has 72 valence electrons. The fourth-order valence-corrected chi connectivity index (χ4v) is 1.37. The van der Waals surface area contributed by atoms with Gasteiger partial charge in [0.1, 0.15) is 0 Å². The number of nitrogens with two attached hydrogens (primary N) is 1. The average molecular weight is 188 g/mol. The number of alkyl halides is 2. The van der Waals surface area contributed by atoms with Crippen molar-refractivity contribution >= 4 is 5.82 Å². The lowest BCUT2D eigenvalue weighted by molar-refractivity contribution is 0.0621. The third-order valence-corrected chi connectivity index (χ3v) is 2.44. The summed E-state index contributed by atoms with van der Waals surface area (Å²) >= 11 is 0. The van der Waals surface area contributed by atoms with Gasteiger partial charge in [-0.25, -0.2) is 13.5 Å². The van der Waals surface area contributed by atoms with Crippen LogP contribution in [-0.4, -0.2) is 20.9 Å². The molecule has 1 heterocycles. The maximum atomic E-state index is 12.8. The van der Waals surface area contributed by atoms with Crippen LogP contribution >= 0.6 is 0 Å². The van der Waals surface area contributed by atoms with Gasteiger partial charge in [0.25, 0.3) is 5.92 Å². The fraction of sp³-hybridized carbons (Fsp3) is 0.714. The van der Waals surface area contributed by atoms with Crippen molar-refractivity contribution in [2.75, 3.05) is 5.73 Å². The zero-order chi connectivity index (χ0) is 9.69. The summed E-state index contributed by atoms with van der Waals surface area (Å²) in [5.74, 6) is -2.30. The number of nitrogens with zero attached hydrogens (tertiary/aromatic N) is 3. The Morgan fingerprint density at radius 3 is 2.69 bits per heavy atom. The highest BCUT2D eigenvalue weighted by molar-refractivity contribution is 5.20. The first kappa shape index (κ1) is 8.40. The molecule has 1 atom stereocenters. The highest BCUT2D eigenvalue weighted by Crippen LogP contribution is 2.60. The number of aromatic nitrogens is 3. The molecule has 1 aromatic rings. The first-order valence-electron chi connectivity index (χ1n) is 3.96. The molecule has 1 fully saturated rings. The summed E-state index contributed by atoms with van der Waals surface area (Å²) in [4.78, 5) is 0. The average Bonchev–Trinajstić information content (AvgIpc) is 2.37. The summed E-state index contributed by atoms with van der Waals surface area (Å²) in [7, 11) is 0. The lowest BCUT2D eigenvalue weighted by Gasteiger charge is -2.08. The van der Waals surface area contributed by atoms with Gasteiger partial charge in [-0.3, -0.25) is 0 Å². The molecule has 6 heteroatoms. The van der Waals surface area contributed by atoms with Crippen molar-refractivity contribution in [1.29, 1.82) is 0 Å². The van der Waals surface area contributed by atoms with Crippen LogP contribution in [0, 0.1) is 5.41 Å². The first-order chi connectivity index (χ1) is 5.93. The van der Waals surface area contributed by atoms with E-state index in [2.05, 4.69) is 10.3 Å². The van der Waals surface area contributed by atoms with E-state index in [4.69, 9.17) is 5.73 Å². The Kier molecular flexibility index (Phi) is 1.41. The Bertz CT molecular complexity index is 335. The van der Waals surface area contributed by atoms with Crippen molar-refractivity contribution in [3.63, 3.8) is 0 Å². The Morgan fingerprint density at radius 2 is 2.31 bits per heavy atom. The molecular formula is C7H10F2N4. The molecule has 13 heavy (non-hydrogen) atoms. The van der Waals surface area contributed by atoms with E-state index in [1.54, 1.807) is 0 Å². The van der Waals surface area contributed by atoms with Crippen LogP contribution in [0.3, 0.4) is 0 Å². The molecular weight excluding hydrogens is 178 g/mol. The van der Waals surface area contributed by atoms with Gasteiger partial charge in [-0.05, 0) is 0 Å². The number of anilines is 1. The smallest absolute Gasteiger partial charge is 0.256 e. The quantitative estimate of drug-likeness (QED) is 0.750. The van der Waals surface area contributed by atoms with Crippen LogP contribution in [0.2, 0.25) is 0 Å². The van der Waals surface area contributed by atoms with Crippen LogP contribution in [0.5, 0.6) is 0 Å². The second-order valence-electron chi connectivity index (χ2n) is 3.78. The molecule has 0 bridgehead atoms. The van der Waals surface area contributed by atoms with E-state index in [0.717, 1.165) is 0 Å². The van der Waals surface area contributed by atoms with E-state index >= 15 is 0 Å². The minimum Gasteiger partial charge on any atom is -0.381 e. The number of hydrogen-bond donors (Lipinski definition) is 1. The van der Waals surface area contributed by atoms with Gasteiger partial charge in [0, 0.05) is 6.42 Å². The Hall–Kier alpha value is -1.20. The SMILES string of the molecule is CC1(Cn2cc(N)nn2)CC1(F)F. The zero-order valence-electron chi connectivity index (χ0n) is 7.17. The summed E-state index contributed by atoms with van der Waals surface area (Å²) in [6, 6.07) is 0. The van der Waals surface area contributed by atoms with Crippen molar-refractivity contribution in [1.82, 2.24) is 15.0 Å². The van der Waals surface area contributed by atoms with Crippen LogP contribution in [0.15, 0.2) is 6.20 Å². The number of rotatable bonds is 2. The molecule has 0 aliphatic heterocycles. The van der Waals surface area contributed by atoms with Crippen molar-refractivity contribution in [3.8, 4) is 0 Å². The maximum absolute atomic E-state index is 12.8. The van der Waals surface area contributed by atoms with Gasteiger partial charge < -0.3 is 5.73 Å². The van der Waals surface area contributed by atoms with Crippen molar-refractivity contribution in [2.45, 2.75) is 25.8 Å². The molecule has 0 amide bonds. The third-order valence-electron chi connectivity index (χ3n) is 2.44. The van der Waals surface area contributed by atoms with E-state index in [-0.39, 0.29) is 18.8 Å². The van der Waals surface area contributed by atoms with E-state index in [1.807, 2.05) is 0 Å². The fourth-order valence-electron chi connectivity index (χ4n) is 1.37. The summed E-state index contributed by atoms with van der Waals surface area (Å²) in [6.45, 7) is 1.70. The lowest BCUT2D eigenvalue weighted by Crippen LogP contribution is -2.15. The zero-order valence-corrected chi connectivity index (χ0v) is 7.17. The van der Waals surface area contributed by atoms with Crippen LogP contribution in [0.25, 0.3) is 0 Å². The topological polar surface area (TPSA) is 56.7 Å². The van der Waals surface area contributed by atoms with Gasteiger partial charge in [0.05, 0.1) is 18.2 Å². The Labute approximate surface area is 73.7 Å². The minimum atomic E-state index is -2.56. The molecule has 1 saturated carbocycles. The van der Waals surface area contributed by atoms with Gasteiger partial charge in [0.2, 0.25) is 0 Å². The number of hydrogen-bond acceptors (Lipinski definition) is 3. The largest absolute Gasteiger partial charge is 0.381 e. The van der Waals surface area contributed by atoms with Crippen LogP contribution in [0.4, 0.5) is 14.6 Å². The Morgan fingerprint density at radius 1 is 1.69 bits per heavy atom. The monoisotopic (exact) mass is 188 g/mol. The molecule has 0 aromatic carbocycles. The van der Waals surface area contributed by atoms with E-state index in [9.17, 15) is 8.78 Å². The molecule has 1 aliphatic rings. The molecule has 0 spiro atoms. The summed E-state index contributed by atoms with van der Waals surface area (Å²) in [5.41, 5.74) is 4.34. The van der Waals surface area contributed by atoms with Gasteiger partial charge in [-0.2, -0.15) is 0 Å². The summed E-state index contributed by atoms with van der Waals surface area (Å²) < 4.78 is 26.9. The van der Waals surface area contributed by atoms with Crippen LogP contribution in [-0.2, 0) is 6.54 Å². The lowest BCUT2D eigenvalue weighted by atomic mass is 10.1. The van der Waals surface area contributed by atoms with Crippen LogP contribution in [0.1, 0.15) is 13.3 Å². The highest BCUT2D eigenvalue weighted by Gasteiger charge is 2.68. The molecule has 0 saturated heterocycles. The molecule has 2 rings (SSSR count). The third kappa shape index (κ3) is 1.26. The Balaban J connectivity index is 2.08. The molecule has 1 aromatic heterocycles.